The molecule has 0 radical (unpaired) electrons. The number of hydrogen-bond acceptors (Lipinski definition) is 4. The highest BCUT2D eigenvalue weighted by Crippen LogP contribution is 2.22. The minimum Gasteiger partial charge on any atom is -0.378 e. The van der Waals surface area contributed by atoms with Gasteiger partial charge in [0.05, 0.1) is 28.7 Å². The lowest BCUT2D eigenvalue weighted by molar-refractivity contribution is 0.00841. The molecule has 0 atom stereocenters. The van der Waals surface area contributed by atoms with E-state index in [9.17, 15) is 9.18 Å². The summed E-state index contributed by atoms with van der Waals surface area (Å²) in [6.45, 7) is 6.37. The molecule has 0 saturated carbocycles. The summed E-state index contributed by atoms with van der Waals surface area (Å²) in [5.74, 6) is -0.299. The molecule has 2 N–H and O–H groups in total. The molecule has 1 fully saturated rings. The molecule has 1 saturated heterocycles. The van der Waals surface area contributed by atoms with Crippen LogP contribution in [0.25, 0.3) is 5.69 Å². The topological polar surface area (TPSA) is 73.4 Å². The van der Waals surface area contributed by atoms with E-state index < -0.39 is 0 Å². The van der Waals surface area contributed by atoms with Crippen molar-refractivity contribution in [2.75, 3.05) is 26.2 Å². The first-order chi connectivity index (χ1) is 13.0. The normalized spacial score (nSPS) is 15.3. The molecule has 0 bridgehead atoms. The van der Waals surface area contributed by atoms with E-state index in [4.69, 9.17) is 10.5 Å². The highest BCUT2D eigenvalue weighted by atomic mass is 19.1. The maximum absolute atomic E-state index is 13.2. The lowest BCUT2D eigenvalue weighted by Gasteiger charge is -2.32. The number of benzene rings is 1. The Labute approximate surface area is 159 Å². The second-order valence-corrected chi connectivity index (χ2v) is 6.94. The van der Waals surface area contributed by atoms with Crippen LogP contribution in [0, 0.1) is 19.7 Å². The second kappa shape index (κ2) is 8.63. The average Bonchev–Trinajstić information content (AvgIpc) is 2.97. The highest BCUT2D eigenvalue weighted by molar-refractivity contribution is 5.96. The lowest BCUT2D eigenvalue weighted by Crippen LogP contribution is -2.41. The van der Waals surface area contributed by atoms with E-state index in [0.717, 1.165) is 30.6 Å². The van der Waals surface area contributed by atoms with Crippen molar-refractivity contribution in [1.82, 2.24) is 14.7 Å². The predicted octanol–water partition coefficient (Wildman–Crippen LogP) is 2.60. The zero-order chi connectivity index (χ0) is 19.4. The van der Waals surface area contributed by atoms with E-state index in [1.54, 1.807) is 16.8 Å². The van der Waals surface area contributed by atoms with Crippen LogP contribution < -0.4 is 5.73 Å². The number of amides is 1. The number of nitrogens with two attached hydrogens (primary N) is 1. The van der Waals surface area contributed by atoms with Crippen LogP contribution in [0.4, 0.5) is 4.39 Å². The molecule has 1 aromatic carbocycles. The maximum atomic E-state index is 13.2. The molecule has 1 aliphatic rings. The van der Waals surface area contributed by atoms with Crippen LogP contribution in [0.15, 0.2) is 24.3 Å². The van der Waals surface area contributed by atoms with Crippen LogP contribution in [-0.4, -0.2) is 52.9 Å². The number of ether oxygens (including phenoxy) is 1. The third-order valence-corrected chi connectivity index (χ3v) is 5.01. The molecule has 2 heterocycles. The van der Waals surface area contributed by atoms with Gasteiger partial charge >= 0.3 is 0 Å². The van der Waals surface area contributed by atoms with Gasteiger partial charge in [-0.25, -0.2) is 9.07 Å². The summed E-state index contributed by atoms with van der Waals surface area (Å²) in [7, 11) is 0. The Kier molecular flexibility index (Phi) is 6.23. The van der Waals surface area contributed by atoms with Crippen molar-refractivity contribution in [3.8, 4) is 5.69 Å². The van der Waals surface area contributed by atoms with Gasteiger partial charge in [-0.05, 0) is 63.9 Å². The standard InChI is InChI=1S/C20H27FN4O2/c1-14-19(15(2)25(23-14)17-6-4-16(21)5-7-17)20(26)24-11-8-18(9-12-24)27-13-3-10-22/h4-7,18H,3,8-13,22H2,1-2H3. The summed E-state index contributed by atoms with van der Waals surface area (Å²) < 4.78 is 20.7. The Morgan fingerprint density at radius 3 is 2.56 bits per heavy atom. The van der Waals surface area contributed by atoms with E-state index in [-0.39, 0.29) is 17.8 Å². The molecule has 0 spiro atoms. The number of halogens is 1. The van der Waals surface area contributed by atoms with Crippen LogP contribution >= 0.6 is 0 Å². The van der Waals surface area contributed by atoms with Crippen molar-refractivity contribution in [2.45, 2.75) is 39.2 Å². The maximum Gasteiger partial charge on any atom is 0.257 e. The average molecular weight is 374 g/mol. The Morgan fingerprint density at radius 1 is 1.26 bits per heavy atom. The van der Waals surface area contributed by atoms with Gasteiger partial charge in [0, 0.05) is 19.7 Å². The molecule has 3 rings (SSSR count). The number of aryl methyl sites for hydroxylation is 1. The number of hydrogen-bond donors (Lipinski definition) is 1. The summed E-state index contributed by atoms with van der Waals surface area (Å²) in [4.78, 5) is 14.9. The van der Waals surface area contributed by atoms with Gasteiger partial charge in [-0.2, -0.15) is 5.10 Å². The molecule has 0 unspecified atom stereocenters. The van der Waals surface area contributed by atoms with Gasteiger partial charge in [0.15, 0.2) is 0 Å². The van der Waals surface area contributed by atoms with Crippen molar-refractivity contribution in [3.05, 3.63) is 47.0 Å². The van der Waals surface area contributed by atoms with E-state index in [1.807, 2.05) is 18.7 Å². The number of nitrogens with zero attached hydrogens (tertiary/aromatic N) is 3. The molecule has 0 aliphatic carbocycles. The molecule has 7 heteroatoms. The smallest absolute Gasteiger partial charge is 0.257 e. The summed E-state index contributed by atoms with van der Waals surface area (Å²) in [5.41, 5.74) is 8.31. The van der Waals surface area contributed by atoms with Crippen molar-refractivity contribution < 1.29 is 13.9 Å². The molecule has 6 nitrogen and oxygen atoms in total. The number of carbonyl (C=O) groups excluding carboxylic acids is 1. The quantitative estimate of drug-likeness (QED) is 0.789. The van der Waals surface area contributed by atoms with Crippen LogP contribution in [0.1, 0.15) is 41.0 Å². The van der Waals surface area contributed by atoms with Crippen molar-refractivity contribution in [2.24, 2.45) is 5.73 Å². The summed E-state index contributed by atoms with van der Waals surface area (Å²) >= 11 is 0. The first kappa shape index (κ1) is 19.5. The van der Waals surface area contributed by atoms with Gasteiger partial charge in [0.2, 0.25) is 0 Å². The third-order valence-electron chi connectivity index (χ3n) is 5.01. The number of piperidine rings is 1. The summed E-state index contributed by atoms with van der Waals surface area (Å²) in [6, 6.07) is 6.10. The third kappa shape index (κ3) is 4.36. The first-order valence-electron chi connectivity index (χ1n) is 9.44. The van der Waals surface area contributed by atoms with Gasteiger partial charge < -0.3 is 15.4 Å². The Morgan fingerprint density at radius 2 is 1.93 bits per heavy atom. The lowest BCUT2D eigenvalue weighted by atomic mass is 10.1. The monoisotopic (exact) mass is 374 g/mol. The zero-order valence-corrected chi connectivity index (χ0v) is 15.9. The van der Waals surface area contributed by atoms with Crippen LogP contribution in [0.5, 0.6) is 0 Å². The van der Waals surface area contributed by atoms with Crippen molar-refractivity contribution in [1.29, 1.82) is 0 Å². The molecular weight excluding hydrogens is 347 g/mol. The van der Waals surface area contributed by atoms with Gasteiger partial charge in [0.1, 0.15) is 5.82 Å². The minimum absolute atomic E-state index is 0.00114. The zero-order valence-electron chi connectivity index (χ0n) is 15.9. The number of rotatable bonds is 6. The summed E-state index contributed by atoms with van der Waals surface area (Å²) in [5, 5.41) is 4.50. The molecule has 1 aliphatic heterocycles. The second-order valence-electron chi connectivity index (χ2n) is 6.94. The van der Waals surface area contributed by atoms with Gasteiger partial charge in [0.25, 0.3) is 5.91 Å². The van der Waals surface area contributed by atoms with E-state index >= 15 is 0 Å². The van der Waals surface area contributed by atoms with E-state index in [2.05, 4.69) is 5.10 Å². The Bertz CT molecular complexity index is 780. The molecule has 1 aromatic heterocycles. The Hall–Kier alpha value is -2.25. The fraction of sp³-hybridized carbons (Fsp3) is 0.500. The molecule has 1 amide bonds. The van der Waals surface area contributed by atoms with Gasteiger partial charge in [-0.15, -0.1) is 0 Å². The Balaban J connectivity index is 1.70. The predicted molar refractivity (Wildman–Crippen MR) is 102 cm³/mol. The van der Waals surface area contributed by atoms with Gasteiger partial charge in [-0.3, -0.25) is 4.79 Å². The van der Waals surface area contributed by atoms with Crippen LogP contribution in [0.2, 0.25) is 0 Å². The van der Waals surface area contributed by atoms with Crippen LogP contribution in [0.3, 0.4) is 0 Å². The fourth-order valence-corrected chi connectivity index (χ4v) is 3.50. The van der Waals surface area contributed by atoms with Crippen LogP contribution in [-0.2, 0) is 4.74 Å². The SMILES string of the molecule is Cc1nn(-c2ccc(F)cc2)c(C)c1C(=O)N1CCC(OCCCN)CC1. The highest BCUT2D eigenvalue weighted by Gasteiger charge is 2.28. The first-order valence-corrected chi connectivity index (χ1v) is 9.44. The van der Waals surface area contributed by atoms with Crippen molar-refractivity contribution in [3.63, 3.8) is 0 Å². The molecule has 2 aromatic rings. The van der Waals surface area contributed by atoms with E-state index in [1.165, 1.54) is 12.1 Å². The number of aromatic nitrogens is 2. The molecular formula is C20H27FN4O2. The van der Waals surface area contributed by atoms with E-state index in [0.29, 0.717) is 37.5 Å². The number of likely N-dealkylation sites (tertiary alicyclic amines) is 1. The van der Waals surface area contributed by atoms with Gasteiger partial charge in [-0.1, -0.05) is 0 Å². The summed E-state index contributed by atoms with van der Waals surface area (Å²) in [6.07, 6.45) is 2.73. The number of carbonyl (C=O) groups is 1. The minimum atomic E-state index is -0.298. The molecule has 146 valence electrons. The fourth-order valence-electron chi connectivity index (χ4n) is 3.50. The largest absolute Gasteiger partial charge is 0.378 e. The van der Waals surface area contributed by atoms with Crippen molar-refractivity contribution >= 4 is 5.91 Å². The molecule has 27 heavy (non-hydrogen) atoms.